The van der Waals surface area contributed by atoms with E-state index in [0.29, 0.717) is 6.54 Å². The molecule has 1 aliphatic rings. The number of aliphatic hydroxyl groups is 1. The number of hydrogen-bond acceptors (Lipinski definition) is 3. The predicted molar refractivity (Wildman–Crippen MR) is 76.3 cm³/mol. The maximum absolute atomic E-state index is 12.6. The molecular formula is C15H22N2O2. The summed E-state index contributed by atoms with van der Waals surface area (Å²) in [7, 11) is 0. The summed E-state index contributed by atoms with van der Waals surface area (Å²) in [5, 5.41) is 9.05. The molecule has 1 N–H and O–H groups in total. The molecule has 1 aliphatic heterocycles. The highest BCUT2D eigenvalue weighted by molar-refractivity contribution is 5.98. The van der Waals surface area contributed by atoms with Crippen LogP contribution in [0.1, 0.15) is 19.4 Å². The molecule has 0 radical (unpaired) electrons. The van der Waals surface area contributed by atoms with E-state index in [4.69, 9.17) is 5.11 Å². The molecule has 1 atom stereocenters. The molecule has 0 saturated carbocycles. The van der Waals surface area contributed by atoms with Crippen molar-refractivity contribution in [1.29, 1.82) is 0 Å². The van der Waals surface area contributed by atoms with Gasteiger partial charge in [0.25, 0.3) is 0 Å². The summed E-state index contributed by atoms with van der Waals surface area (Å²) in [6, 6.07) is 7.89. The Labute approximate surface area is 114 Å². The van der Waals surface area contributed by atoms with Gasteiger partial charge in [-0.05, 0) is 31.5 Å². The van der Waals surface area contributed by atoms with Gasteiger partial charge in [0.2, 0.25) is 5.91 Å². The molecule has 4 heteroatoms. The molecule has 104 valence electrons. The highest BCUT2D eigenvalue weighted by Gasteiger charge is 2.29. The van der Waals surface area contributed by atoms with E-state index < -0.39 is 0 Å². The van der Waals surface area contributed by atoms with E-state index in [1.54, 1.807) is 0 Å². The van der Waals surface area contributed by atoms with Crippen molar-refractivity contribution in [1.82, 2.24) is 4.90 Å². The van der Waals surface area contributed by atoms with Crippen LogP contribution in [0.15, 0.2) is 24.3 Å². The second-order valence-corrected chi connectivity index (χ2v) is 4.90. The number of nitrogens with zero attached hydrogens (tertiary/aromatic N) is 2. The lowest BCUT2D eigenvalue weighted by Gasteiger charge is -2.30. The second-order valence-electron chi connectivity index (χ2n) is 4.90. The summed E-state index contributed by atoms with van der Waals surface area (Å²) in [5.74, 6) is 0.125. The molecular weight excluding hydrogens is 240 g/mol. The number of fused-ring (bicyclic) bond motifs is 1. The number of para-hydroxylation sites is 1. The largest absolute Gasteiger partial charge is 0.395 e. The fourth-order valence-electron chi connectivity index (χ4n) is 2.70. The van der Waals surface area contributed by atoms with Crippen LogP contribution in [-0.2, 0) is 11.2 Å². The average molecular weight is 262 g/mol. The third kappa shape index (κ3) is 2.80. The normalized spacial score (nSPS) is 15.7. The molecule has 2 rings (SSSR count). The molecule has 0 bridgehead atoms. The molecule has 1 amide bonds. The van der Waals surface area contributed by atoms with Crippen LogP contribution in [0.25, 0.3) is 0 Å². The van der Waals surface area contributed by atoms with E-state index >= 15 is 0 Å². The van der Waals surface area contributed by atoms with E-state index in [1.165, 1.54) is 5.56 Å². The fraction of sp³-hybridized carbons (Fsp3) is 0.533. The van der Waals surface area contributed by atoms with Gasteiger partial charge in [-0.15, -0.1) is 0 Å². The molecule has 0 fully saturated rings. The van der Waals surface area contributed by atoms with Crippen molar-refractivity contribution in [3.8, 4) is 0 Å². The van der Waals surface area contributed by atoms with Gasteiger partial charge in [0.15, 0.2) is 0 Å². The van der Waals surface area contributed by atoms with Crippen molar-refractivity contribution in [2.45, 2.75) is 26.3 Å². The van der Waals surface area contributed by atoms with Gasteiger partial charge in [-0.3, -0.25) is 9.69 Å². The number of carbonyl (C=O) groups excluding carboxylic acids is 1. The molecule has 1 unspecified atom stereocenters. The van der Waals surface area contributed by atoms with Crippen molar-refractivity contribution in [2.75, 3.05) is 31.1 Å². The van der Waals surface area contributed by atoms with Gasteiger partial charge in [0.1, 0.15) is 0 Å². The Morgan fingerprint density at radius 2 is 2.21 bits per heavy atom. The van der Waals surface area contributed by atoms with Crippen LogP contribution in [0, 0.1) is 0 Å². The summed E-state index contributed by atoms with van der Waals surface area (Å²) >= 11 is 0. The van der Waals surface area contributed by atoms with Gasteiger partial charge < -0.3 is 10.0 Å². The minimum atomic E-state index is -0.191. The first-order valence-corrected chi connectivity index (χ1v) is 6.93. The number of aliphatic hydroxyl groups excluding tert-OH is 1. The standard InChI is InChI=1S/C15H22N2O2/c1-3-16(10-11-18)12(2)15(19)17-9-8-13-6-4-5-7-14(13)17/h4-7,12,18H,3,8-11H2,1-2H3. The number of benzene rings is 1. The van der Waals surface area contributed by atoms with Crippen molar-refractivity contribution in [2.24, 2.45) is 0 Å². The number of amides is 1. The van der Waals surface area contributed by atoms with Crippen LogP contribution in [0.3, 0.4) is 0 Å². The average Bonchev–Trinajstić information content (AvgIpc) is 2.87. The van der Waals surface area contributed by atoms with Crippen molar-refractivity contribution in [3.05, 3.63) is 29.8 Å². The van der Waals surface area contributed by atoms with Gasteiger partial charge in [0, 0.05) is 18.8 Å². The quantitative estimate of drug-likeness (QED) is 0.869. The molecule has 19 heavy (non-hydrogen) atoms. The zero-order chi connectivity index (χ0) is 13.8. The minimum absolute atomic E-state index is 0.0854. The summed E-state index contributed by atoms with van der Waals surface area (Å²) < 4.78 is 0. The Kier molecular flexibility index (Phi) is 4.56. The van der Waals surface area contributed by atoms with E-state index in [9.17, 15) is 4.79 Å². The Bertz CT molecular complexity index is 448. The Morgan fingerprint density at radius 1 is 1.47 bits per heavy atom. The van der Waals surface area contributed by atoms with Crippen molar-refractivity contribution < 1.29 is 9.90 Å². The summed E-state index contributed by atoms with van der Waals surface area (Å²) in [4.78, 5) is 16.5. The molecule has 0 spiro atoms. The van der Waals surface area contributed by atoms with Crippen molar-refractivity contribution in [3.63, 3.8) is 0 Å². The van der Waals surface area contributed by atoms with Gasteiger partial charge in [-0.1, -0.05) is 25.1 Å². The molecule has 0 saturated heterocycles. The molecule has 1 heterocycles. The topological polar surface area (TPSA) is 43.8 Å². The molecule has 1 aromatic carbocycles. The Hall–Kier alpha value is -1.39. The SMILES string of the molecule is CCN(CCO)C(C)C(=O)N1CCc2ccccc21. The van der Waals surface area contributed by atoms with Gasteiger partial charge >= 0.3 is 0 Å². The number of rotatable bonds is 5. The van der Waals surface area contributed by atoms with Gasteiger partial charge in [0.05, 0.1) is 12.6 Å². The van der Waals surface area contributed by atoms with Crippen LogP contribution in [-0.4, -0.2) is 48.2 Å². The Morgan fingerprint density at radius 3 is 2.89 bits per heavy atom. The maximum atomic E-state index is 12.6. The van der Waals surface area contributed by atoms with Crippen LogP contribution >= 0.6 is 0 Å². The first-order valence-electron chi connectivity index (χ1n) is 6.93. The maximum Gasteiger partial charge on any atom is 0.244 e. The predicted octanol–water partition coefficient (Wildman–Crippen LogP) is 1.28. The molecule has 1 aromatic rings. The number of hydrogen-bond donors (Lipinski definition) is 1. The molecule has 0 aliphatic carbocycles. The lowest BCUT2D eigenvalue weighted by Crippen LogP contribution is -2.47. The van der Waals surface area contributed by atoms with Crippen LogP contribution in [0.2, 0.25) is 0 Å². The smallest absolute Gasteiger partial charge is 0.244 e. The summed E-state index contributed by atoms with van der Waals surface area (Å²) in [6.07, 6.45) is 0.931. The molecule has 4 nitrogen and oxygen atoms in total. The number of anilines is 1. The Balaban J connectivity index is 2.12. The van der Waals surface area contributed by atoms with Gasteiger partial charge in [-0.25, -0.2) is 0 Å². The lowest BCUT2D eigenvalue weighted by molar-refractivity contribution is -0.123. The van der Waals surface area contributed by atoms with Gasteiger partial charge in [-0.2, -0.15) is 0 Å². The van der Waals surface area contributed by atoms with Crippen LogP contribution < -0.4 is 4.90 Å². The van der Waals surface area contributed by atoms with E-state index in [0.717, 1.165) is 25.2 Å². The summed E-state index contributed by atoms with van der Waals surface area (Å²) in [6.45, 7) is 6.09. The first kappa shape index (κ1) is 14.0. The number of likely N-dealkylation sites (N-methyl/N-ethyl adjacent to an activating group) is 1. The van der Waals surface area contributed by atoms with Crippen molar-refractivity contribution >= 4 is 11.6 Å². The third-order valence-corrected chi connectivity index (χ3v) is 3.85. The second kappa shape index (κ2) is 6.17. The van der Waals surface area contributed by atoms with Crippen LogP contribution in [0.4, 0.5) is 5.69 Å². The zero-order valence-corrected chi connectivity index (χ0v) is 11.7. The van der Waals surface area contributed by atoms with Crippen LogP contribution in [0.5, 0.6) is 0 Å². The number of carbonyl (C=O) groups is 1. The third-order valence-electron chi connectivity index (χ3n) is 3.85. The summed E-state index contributed by atoms with van der Waals surface area (Å²) in [5.41, 5.74) is 2.28. The fourth-order valence-corrected chi connectivity index (χ4v) is 2.70. The lowest BCUT2D eigenvalue weighted by atomic mass is 10.2. The van der Waals surface area contributed by atoms with E-state index in [-0.39, 0.29) is 18.6 Å². The highest BCUT2D eigenvalue weighted by Crippen LogP contribution is 2.28. The van der Waals surface area contributed by atoms with E-state index in [2.05, 4.69) is 6.07 Å². The minimum Gasteiger partial charge on any atom is -0.395 e. The first-order chi connectivity index (χ1) is 9.19. The monoisotopic (exact) mass is 262 g/mol. The van der Waals surface area contributed by atoms with E-state index in [1.807, 2.05) is 41.8 Å². The molecule has 0 aromatic heterocycles. The highest BCUT2D eigenvalue weighted by atomic mass is 16.3. The zero-order valence-electron chi connectivity index (χ0n) is 11.7.